The minimum absolute atomic E-state index is 0.00185. The van der Waals surface area contributed by atoms with Gasteiger partial charge in [-0.1, -0.05) is 0 Å². The van der Waals surface area contributed by atoms with E-state index in [4.69, 9.17) is 9.84 Å². The molecule has 1 heterocycles. The van der Waals surface area contributed by atoms with E-state index in [0.717, 1.165) is 6.42 Å². The molecule has 0 aromatic carbocycles. The maximum Gasteiger partial charge on any atom is 0.306 e. The maximum atomic E-state index is 12.0. The molecule has 0 spiro atoms. The number of carboxylic acids is 1. The quantitative estimate of drug-likeness (QED) is 0.644. The van der Waals surface area contributed by atoms with Crippen LogP contribution in [0.3, 0.4) is 0 Å². The summed E-state index contributed by atoms with van der Waals surface area (Å²) in [4.78, 5) is 22.8. The van der Waals surface area contributed by atoms with E-state index in [2.05, 4.69) is 10.6 Å². The molecular formula is C12H20N2O4. The van der Waals surface area contributed by atoms with Crippen LogP contribution >= 0.6 is 0 Å². The predicted molar refractivity (Wildman–Crippen MR) is 64.1 cm³/mol. The van der Waals surface area contributed by atoms with E-state index >= 15 is 0 Å². The van der Waals surface area contributed by atoms with Crippen LogP contribution in [0.4, 0.5) is 0 Å². The smallest absolute Gasteiger partial charge is 0.306 e. The zero-order valence-electron chi connectivity index (χ0n) is 10.5. The van der Waals surface area contributed by atoms with Gasteiger partial charge in [0, 0.05) is 19.7 Å². The molecule has 2 fully saturated rings. The summed E-state index contributed by atoms with van der Waals surface area (Å²) in [5, 5.41) is 14.9. The van der Waals surface area contributed by atoms with Gasteiger partial charge in [-0.2, -0.15) is 0 Å². The highest BCUT2D eigenvalue weighted by Crippen LogP contribution is 2.25. The number of carbonyl (C=O) groups is 2. The minimum Gasteiger partial charge on any atom is -0.481 e. The molecule has 0 aromatic heterocycles. The molecule has 2 aliphatic rings. The summed E-state index contributed by atoms with van der Waals surface area (Å²) < 4.78 is 5.19. The molecule has 18 heavy (non-hydrogen) atoms. The van der Waals surface area contributed by atoms with E-state index in [0.29, 0.717) is 25.8 Å². The third-order valence-electron chi connectivity index (χ3n) is 3.87. The van der Waals surface area contributed by atoms with Crippen LogP contribution in [0.1, 0.15) is 25.7 Å². The van der Waals surface area contributed by atoms with E-state index in [1.54, 1.807) is 7.11 Å². The van der Waals surface area contributed by atoms with Crippen LogP contribution in [-0.4, -0.2) is 48.8 Å². The zero-order chi connectivity index (χ0) is 13.1. The number of rotatable bonds is 4. The molecule has 0 radical (unpaired) electrons. The molecule has 6 heteroatoms. The second-order valence-electron chi connectivity index (χ2n) is 5.11. The van der Waals surface area contributed by atoms with Crippen molar-refractivity contribution < 1.29 is 19.4 Å². The van der Waals surface area contributed by atoms with Gasteiger partial charge in [0.15, 0.2) is 0 Å². The molecule has 2 rings (SSSR count). The highest BCUT2D eigenvalue weighted by atomic mass is 16.5. The van der Waals surface area contributed by atoms with Crippen molar-refractivity contribution in [2.45, 2.75) is 43.9 Å². The lowest BCUT2D eigenvalue weighted by Gasteiger charge is -2.16. The molecule has 4 atom stereocenters. The maximum absolute atomic E-state index is 12.0. The average Bonchev–Trinajstić information content (AvgIpc) is 2.96. The van der Waals surface area contributed by atoms with Crippen molar-refractivity contribution in [3.05, 3.63) is 0 Å². The van der Waals surface area contributed by atoms with Gasteiger partial charge in [-0.3, -0.25) is 9.59 Å². The molecule has 1 aliphatic heterocycles. The third kappa shape index (κ3) is 3.00. The van der Waals surface area contributed by atoms with Gasteiger partial charge in [0.25, 0.3) is 0 Å². The molecule has 6 nitrogen and oxygen atoms in total. The van der Waals surface area contributed by atoms with Crippen molar-refractivity contribution in [2.24, 2.45) is 5.92 Å². The Balaban J connectivity index is 1.77. The van der Waals surface area contributed by atoms with Gasteiger partial charge in [0.2, 0.25) is 5.91 Å². The van der Waals surface area contributed by atoms with Gasteiger partial charge in [-0.15, -0.1) is 0 Å². The first-order valence-corrected chi connectivity index (χ1v) is 6.39. The third-order valence-corrected chi connectivity index (χ3v) is 3.87. The van der Waals surface area contributed by atoms with Crippen LogP contribution in [0.2, 0.25) is 0 Å². The van der Waals surface area contributed by atoms with Crippen molar-refractivity contribution in [2.75, 3.05) is 13.7 Å². The number of methoxy groups -OCH3 is 1. The summed E-state index contributed by atoms with van der Waals surface area (Å²) in [6.45, 7) is 0.691. The largest absolute Gasteiger partial charge is 0.481 e. The lowest BCUT2D eigenvalue weighted by Crippen LogP contribution is -2.44. The predicted octanol–water partition coefficient (Wildman–Crippen LogP) is -0.267. The summed E-state index contributed by atoms with van der Waals surface area (Å²) in [6.07, 6.45) is 2.72. The Hall–Kier alpha value is -1.14. The van der Waals surface area contributed by atoms with Gasteiger partial charge in [0.1, 0.15) is 0 Å². The lowest BCUT2D eigenvalue weighted by molar-refractivity contribution is -0.141. The number of aliphatic carboxylic acids is 1. The molecule has 2 unspecified atom stereocenters. The van der Waals surface area contributed by atoms with Crippen LogP contribution in [0.15, 0.2) is 0 Å². The van der Waals surface area contributed by atoms with Gasteiger partial charge < -0.3 is 20.5 Å². The first-order valence-electron chi connectivity index (χ1n) is 6.39. The summed E-state index contributed by atoms with van der Waals surface area (Å²) in [7, 11) is 1.64. The van der Waals surface area contributed by atoms with Gasteiger partial charge in [-0.05, 0) is 25.7 Å². The van der Waals surface area contributed by atoms with E-state index in [1.165, 1.54) is 0 Å². The van der Waals surface area contributed by atoms with Crippen LogP contribution in [0.5, 0.6) is 0 Å². The number of ether oxygens (including phenoxy) is 1. The van der Waals surface area contributed by atoms with Gasteiger partial charge in [-0.25, -0.2) is 0 Å². The summed E-state index contributed by atoms with van der Waals surface area (Å²) in [5.74, 6) is -1.10. The van der Waals surface area contributed by atoms with E-state index in [1.807, 2.05) is 0 Å². The Labute approximate surface area is 106 Å². The summed E-state index contributed by atoms with van der Waals surface area (Å²) in [5.41, 5.74) is 0. The van der Waals surface area contributed by atoms with Crippen LogP contribution in [-0.2, 0) is 14.3 Å². The van der Waals surface area contributed by atoms with Crippen LogP contribution in [0, 0.1) is 5.92 Å². The standard InChI is InChI=1S/C12H20N2O4/c1-18-9-5-10(13-6-9)11(15)14-8-3-2-7(4-8)12(16)17/h7-10,13H,2-6H2,1H3,(H,14,15)(H,16,17)/t7-,8+,9?,10?/m1/s1. The van der Waals surface area contributed by atoms with Crippen LogP contribution < -0.4 is 10.6 Å². The van der Waals surface area contributed by atoms with E-state index in [-0.39, 0.29) is 30.0 Å². The summed E-state index contributed by atoms with van der Waals surface area (Å²) >= 11 is 0. The first-order chi connectivity index (χ1) is 8.60. The SMILES string of the molecule is COC1CNC(C(=O)N[C@H]2CC[C@@H](C(=O)O)C2)C1. The van der Waals surface area contributed by atoms with E-state index in [9.17, 15) is 9.59 Å². The number of nitrogens with one attached hydrogen (secondary N) is 2. The highest BCUT2D eigenvalue weighted by molar-refractivity contribution is 5.82. The van der Waals surface area contributed by atoms with Crippen molar-refractivity contribution in [3.63, 3.8) is 0 Å². The first kappa shape index (κ1) is 13.3. The Bertz CT molecular complexity index is 334. The minimum atomic E-state index is -0.759. The molecule has 0 aromatic rings. The van der Waals surface area contributed by atoms with Crippen molar-refractivity contribution in [1.29, 1.82) is 0 Å². The fourth-order valence-electron chi connectivity index (χ4n) is 2.72. The van der Waals surface area contributed by atoms with Crippen molar-refractivity contribution >= 4 is 11.9 Å². The Morgan fingerprint density at radius 3 is 2.67 bits per heavy atom. The number of amides is 1. The number of carbonyl (C=O) groups excluding carboxylic acids is 1. The van der Waals surface area contributed by atoms with Gasteiger partial charge >= 0.3 is 5.97 Å². The monoisotopic (exact) mass is 256 g/mol. The molecule has 1 amide bonds. The normalized spacial score (nSPS) is 35.6. The van der Waals surface area contributed by atoms with Crippen LogP contribution in [0.25, 0.3) is 0 Å². The lowest BCUT2D eigenvalue weighted by atomic mass is 10.1. The van der Waals surface area contributed by atoms with Gasteiger partial charge in [0.05, 0.1) is 18.1 Å². The summed E-state index contributed by atoms with van der Waals surface area (Å²) in [6, 6.07) is -0.208. The molecule has 102 valence electrons. The Kier molecular flexibility index (Phi) is 4.19. The molecule has 3 N–H and O–H groups in total. The van der Waals surface area contributed by atoms with Crippen molar-refractivity contribution in [3.8, 4) is 0 Å². The molecule has 1 saturated heterocycles. The van der Waals surface area contributed by atoms with Crippen molar-refractivity contribution in [1.82, 2.24) is 10.6 Å². The second kappa shape index (κ2) is 5.67. The Morgan fingerprint density at radius 2 is 2.11 bits per heavy atom. The Morgan fingerprint density at radius 1 is 1.33 bits per heavy atom. The zero-order valence-corrected chi connectivity index (χ0v) is 10.5. The fraction of sp³-hybridized carbons (Fsp3) is 0.833. The number of hydrogen-bond acceptors (Lipinski definition) is 4. The second-order valence-corrected chi connectivity index (χ2v) is 5.11. The topological polar surface area (TPSA) is 87.7 Å². The molecule has 0 bridgehead atoms. The van der Waals surface area contributed by atoms with E-state index < -0.39 is 5.97 Å². The molecule has 1 saturated carbocycles. The fourth-order valence-corrected chi connectivity index (χ4v) is 2.72. The number of hydrogen-bond donors (Lipinski definition) is 3. The highest BCUT2D eigenvalue weighted by Gasteiger charge is 2.34. The molecular weight excluding hydrogens is 236 g/mol. The number of carboxylic acid groups (broad SMARTS) is 1. The average molecular weight is 256 g/mol. The molecule has 1 aliphatic carbocycles.